The van der Waals surface area contributed by atoms with Crippen molar-refractivity contribution in [2.45, 2.75) is 13.0 Å². The molecule has 0 saturated heterocycles. The Morgan fingerprint density at radius 3 is 2.88 bits per heavy atom. The highest BCUT2D eigenvalue weighted by Gasteiger charge is 2.11. The Morgan fingerprint density at radius 1 is 1.27 bits per heavy atom. The van der Waals surface area contributed by atoms with Gasteiger partial charge >= 0.3 is 6.03 Å². The predicted octanol–water partition coefficient (Wildman–Crippen LogP) is 3.72. The largest absolute Gasteiger partial charge is 0.619 e. The molecule has 2 aromatic carbocycles. The summed E-state index contributed by atoms with van der Waals surface area (Å²) < 4.78 is 6.34. The summed E-state index contributed by atoms with van der Waals surface area (Å²) in [6.45, 7) is 2.15. The van der Waals surface area contributed by atoms with E-state index >= 15 is 0 Å². The Labute approximate surface area is 155 Å². The number of hydrogen-bond acceptors (Lipinski definition) is 3. The van der Waals surface area contributed by atoms with E-state index in [1.165, 1.54) is 12.4 Å². The molecule has 0 radical (unpaired) electrons. The molecule has 0 aliphatic heterocycles. The molecular formula is C19H18ClN3O3. The van der Waals surface area contributed by atoms with Gasteiger partial charge in [-0.2, -0.15) is 4.73 Å². The molecule has 7 heteroatoms. The van der Waals surface area contributed by atoms with Gasteiger partial charge in [-0.25, -0.2) is 4.79 Å². The number of carbonyl (C=O) groups is 1. The molecule has 0 aliphatic carbocycles. The number of fused-ring (bicyclic) bond motifs is 1. The average molecular weight is 372 g/mol. The molecule has 1 unspecified atom stereocenters. The van der Waals surface area contributed by atoms with E-state index in [9.17, 15) is 10.0 Å². The summed E-state index contributed by atoms with van der Waals surface area (Å²) in [6.07, 6.45) is 2.85. The summed E-state index contributed by atoms with van der Waals surface area (Å²) in [6, 6.07) is 13.6. The molecule has 0 bridgehead atoms. The lowest BCUT2D eigenvalue weighted by molar-refractivity contribution is -0.603. The fourth-order valence-corrected chi connectivity index (χ4v) is 2.70. The van der Waals surface area contributed by atoms with Crippen LogP contribution in [0.25, 0.3) is 10.8 Å². The molecule has 1 aromatic heterocycles. The van der Waals surface area contributed by atoms with E-state index in [0.29, 0.717) is 23.1 Å². The van der Waals surface area contributed by atoms with Crippen LogP contribution < -0.4 is 20.1 Å². The zero-order valence-corrected chi connectivity index (χ0v) is 14.9. The van der Waals surface area contributed by atoms with E-state index < -0.39 is 0 Å². The van der Waals surface area contributed by atoms with Crippen molar-refractivity contribution in [3.05, 3.63) is 71.2 Å². The van der Waals surface area contributed by atoms with Crippen molar-refractivity contribution in [3.8, 4) is 5.75 Å². The van der Waals surface area contributed by atoms with Gasteiger partial charge in [-0.15, -0.1) is 0 Å². The molecule has 1 heterocycles. The minimum absolute atomic E-state index is 0.215. The van der Waals surface area contributed by atoms with Crippen LogP contribution in [0, 0.1) is 5.21 Å². The first-order chi connectivity index (χ1) is 12.5. The molecule has 0 saturated carbocycles. The second-order valence-corrected chi connectivity index (χ2v) is 6.32. The van der Waals surface area contributed by atoms with Crippen LogP contribution in [0.15, 0.2) is 60.9 Å². The SMILES string of the molecule is CC(COc1cccc(Cl)c1)NC(=O)Nc1cccc2c[n+]([O-])ccc12. The van der Waals surface area contributed by atoms with Gasteiger partial charge in [0.1, 0.15) is 12.4 Å². The molecule has 6 nitrogen and oxygen atoms in total. The quantitative estimate of drug-likeness (QED) is 0.530. The molecule has 0 spiro atoms. The maximum atomic E-state index is 12.2. The summed E-state index contributed by atoms with van der Waals surface area (Å²) in [7, 11) is 0. The van der Waals surface area contributed by atoms with E-state index in [4.69, 9.17) is 16.3 Å². The highest BCUT2D eigenvalue weighted by atomic mass is 35.5. The third-order valence-corrected chi connectivity index (χ3v) is 3.95. The van der Waals surface area contributed by atoms with E-state index in [1.807, 2.05) is 13.0 Å². The Hall–Kier alpha value is -2.99. The van der Waals surface area contributed by atoms with Gasteiger partial charge in [0.25, 0.3) is 0 Å². The smallest absolute Gasteiger partial charge is 0.319 e. The third-order valence-electron chi connectivity index (χ3n) is 3.72. The molecule has 3 rings (SSSR count). The van der Waals surface area contributed by atoms with Gasteiger partial charge < -0.3 is 20.6 Å². The molecule has 26 heavy (non-hydrogen) atoms. The second kappa shape index (κ2) is 7.93. The van der Waals surface area contributed by atoms with Gasteiger partial charge in [-0.3, -0.25) is 0 Å². The number of rotatable bonds is 5. The van der Waals surface area contributed by atoms with E-state index in [2.05, 4.69) is 10.6 Å². The monoisotopic (exact) mass is 371 g/mol. The number of halogens is 1. The highest BCUT2D eigenvalue weighted by Crippen LogP contribution is 2.21. The maximum absolute atomic E-state index is 12.2. The molecule has 134 valence electrons. The van der Waals surface area contributed by atoms with Crippen LogP contribution in [0.4, 0.5) is 10.5 Å². The van der Waals surface area contributed by atoms with Crippen molar-refractivity contribution in [2.24, 2.45) is 0 Å². The van der Waals surface area contributed by atoms with E-state index in [1.54, 1.807) is 42.5 Å². The number of pyridine rings is 1. The number of ether oxygens (including phenoxy) is 1. The van der Waals surface area contributed by atoms with Crippen LogP contribution in [-0.2, 0) is 0 Å². The molecule has 0 fully saturated rings. The lowest BCUT2D eigenvalue weighted by Gasteiger charge is -2.16. The van der Waals surface area contributed by atoms with Crippen molar-refractivity contribution >= 4 is 34.1 Å². The first-order valence-corrected chi connectivity index (χ1v) is 8.46. The topological polar surface area (TPSA) is 77.3 Å². The number of nitrogens with zero attached hydrogens (tertiary/aromatic N) is 1. The van der Waals surface area contributed by atoms with Gasteiger partial charge in [-0.05, 0) is 37.3 Å². The molecule has 2 N–H and O–H groups in total. The van der Waals surface area contributed by atoms with Crippen LogP contribution in [0.5, 0.6) is 5.75 Å². The lowest BCUT2D eigenvalue weighted by atomic mass is 10.1. The van der Waals surface area contributed by atoms with E-state index in [-0.39, 0.29) is 12.1 Å². The minimum Gasteiger partial charge on any atom is -0.619 e. The number of aromatic nitrogens is 1. The van der Waals surface area contributed by atoms with Crippen LogP contribution in [0.3, 0.4) is 0 Å². The van der Waals surface area contributed by atoms with Crippen molar-refractivity contribution < 1.29 is 14.3 Å². The van der Waals surface area contributed by atoms with Gasteiger partial charge in [0, 0.05) is 21.9 Å². The third kappa shape index (κ3) is 4.55. The maximum Gasteiger partial charge on any atom is 0.319 e. The average Bonchev–Trinajstić information content (AvgIpc) is 2.60. The number of anilines is 1. The summed E-state index contributed by atoms with van der Waals surface area (Å²) in [4.78, 5) is 12.2. The van der Waals surface area contributed by atoms with Crippen LogP contribution in [-0.4, -0.2) is 18.7 Å². The number of carbonyl (C=O) groups excluding carboxylic acids is 1. The normalized spacial score (nSPS) is 11.8. The first-order valence-electron chi connectivity index (χ1n) is 8.09. The fourth-order valence-electron chi connectivity index (χ4n) is 2.52. The Balaban J connectivity index is 1.58. The number of nitrogens with one attached hydrogen (secondary N) is 2. The van der Waals surface area contributed by atoms with Crippen molar-refractivity contribution in [2.75, 3.05) is 11.9 Å². The first kappa shape index (κ1) is 17.8. The lowest BCUT2D eigenvalue weighted by Crippen LogP contribution is -2.39. The summed E-state index contributed by atoms with van der Waals surface area (Å²) >= 11 is 5.91. The van der Waals surface area contributed by atoms with Gasteiger partial charge in [0.05, 0.1) is 11.7 Å². The van der Waals surface area contributed by atoms with Gasteiger partial charge in [-0.1, -0.05) is 23.7 Å². The molecule has 0 aliphatic rings. The number of amides is 2. The van der Waals surface area contributed by atoms with Crippen molar-refractivity contribution in [3.63, 3.8) is 0 Å². The summed E-state index contributed by atoms with van der Waals surface area (Å²) in [5.74, 6) is 0.645. The van der Waals surface area contributed by atoms with Crippen molar-refractivity contribution in [1.82, 2.24) is 5.32 Å². The summed E-state index contributed by atoms with van der Waals surface area (Å²) in [5.41, 5.74) is 0.628. The summed E-state index contributed by atoms with van der Waals surface area (Å²) in [5, 5.41) is 19.1. The van der Waals surface area contributed by atoms with Crippen LogP contribution >= 0.6 is 11.6 Å². The Kier molecular flexibility index (Phi) is 5.43. The standard InChI is InChI=1S/C19H18ClN3O3/c1-13(12-26-16-6-3-5-15(20)10-16)21-19(24)22-18-7-2-4-14-11-23(25)9-8-17(14)18/h2-11,13H,12H2,1H3,(H2,21,22,24). The number of hydrogen-bond donors (Lipinski definition) is 2. The molecule has 1 atom stereocenters. The van der Waals surface area contributed by atoms with Crippen molar-refractivity contribution in [1.29, 1.82) is 0 Å². The second-order valence-electron chi connectivity index (χ2n) is 5.88. The Bertz CT molecular complexity index is 933. The van der Waals surface area contributed by atoms with Crippen LogP contribution in [0.2, 0.25) is 5.02 Å². The minimum atomic E-state index is -0.349. The van der Waals surface area contributed by atoms with Crippen LogP contribution in [0.1, 0.15) is 6.92 Å². The molecule has 2 amide bonds. The highest BCUT2D eigenvalue weighted by molar-refractivity contribution is 6.30. The molecular weight excluding hydrogens is 354 g/mol. The van der Waals surface area contributed by atoms with Gasteiger partial charge in [0.15, 0.2) is 12.4 Å². The van der Waals surface area contributed by atoms with Gasteiger partial charge in [0.2, 0.25) is 0 Å². The Morgan fingerprint density at radius 2 is 2.08 bits per heavy atom. The van der Waals surface area contributed by atoms with E-state index in [0.717, 1.165) is 15.5 Å². The zero-order valence-electron chi connectivity index (χ0n) is 14.1. The fraction of sp³-hybridized carbons (Fsp3) is 0.158. The zero-order chi connectivity index (χ0) is 18.5. The molecule has 3 aromatic rings. The number of urea groups is 1. The number of benzene rings is 2. The predicted molar refractivity (Wildman–Crippen MR) is 101 cm³/mol.